The summed E-state index contributed by atoms with van der Waals surface area (Å²) in [6.45, 7) is 3.08. The molecule has 0 aliphatic rings. The molecule has 1 aromatic heterocycles. The van der Waals surface area contributed by atoms with Crippen molar-refractivity contribution < 1.29 is 18.1 Å². The maximum absolute atomic E-state index is 13.1. The van der Waals surface area contributed by atoms with Crippen molar-refractivity contribution in [3.05, 3.63) is 58.1 Å². The van der Waals surface area contributed by atoms with Gasteiger partial charge in [0.15, 0.2) is 15.0 Å². The number of aromatic nitrogens is 1. The summed E-state index contributed by atoms with van der Waals surface area (Å²) in [5.74, 6) is -0.342. The van der Waals surface area contributed by atoms with Gasteiger partial charge in [-0.05, 0) is 58.6 Å². The highest BCUT2D eigenvalue weighted by molar-refractivity contribution is 7.91. The van der Waals surface area contributed by atoms with Gasteiger partial charge in [0.1, 0.15) is 0 Å². The van der Waals surface area contributed by atoms with E-state index >= 15 is 0 Å². The largest absolute Gasteiger partial charge is 0.309 e. The summed E-state index contributed by atoms with van der Waals surface area (Å²) in [7, 11) is 0.408. The van der Waals surface area contributed by atoms with E-state index in [1.807, 2.05) is 25.9 Å². The summed E-state index contributed by atoms with van der Waals surface area (Å²) in [6.07, 6.45) is 0.954. The van der Waals surface area contributed by atoms with Crippen molar-refractivity contribution in [3.8, 4) is 0 Å². The number of carbonyl (C=O) groups is 1. The lowest BCUT2D eigenvalue weighted by Crippen LogP contribution is -2.33. The first kappa shape index (κ1) is 25.7. The Kier molecular flexibility index (Phi) is 8.34. The molecule has 0 saturated carbocycles. The summed E-state index contributed by atoms with van der Waals surface area (Å²) in [5, 5.41) is 11.5. The molecule has 0 unspecified atom stereocenters. The first-order chi connectivity index (χ1) is 16.1. The van der Waals surface area contributed by atoms with Crippen molar-refractivity contribution in [3.63, 3.8) is 0 Å². The molecular weight excluding hydrogens is 476 g/mol. The van der Waals surface area contributed by atoms with Crippen LogP contribution in [-0.4, -0.2) is 62.1 Å². The highest BCUT2D eigenvalue weighted by Gasteiger charge is 2.22. The molecular formula is C23H28N4O5S2. The summed E-state index contributed by atoms with van der Waals surface area (Å²) in [4.78, 5) is 32.1. The Hall–Kier alpha value is -2.89. The van der Waals surface area contributed by atoms with Crippen molar-refractivity contribution in [2.75, 3.05) is 37.8 Å². The quantitative estimate of drug-likeness (QED) is 0.286. The number of hydrogen-bond acceptors (Lipinski definition) is 8. The third-order valence-electron chi connectivity index (χ3n) is 5.27. The summed E-state index contributed by atoms with van der Waals surface area (Å²) >= 11 is 1.22. The average Bonchev–Trinajstić information content (AvgIpc) is 3.19. The highest BCUT2D eigenvalue weighted by Crippen LogP contribution is 2.32. The number of non-ortho nitro benzene ring substituents is 1. The normalized spacial score (nSPS) is 11.8. The number of benzene rings is 2. The van der Waals surface area contributed by atoms with Crippen LogP contribution in [0.3, 0.4) is 0 Å². The van der Waals surface area contributed by atoms with Crippen molar-refractivity contribution in [2.24, 2.45) is 0 Å². The van der Waals surface area contributed by atoms with Crippen LogP contribution in [0.15, 0.2) is 47.4 Å². The second-order valence-electron chi connectivity index (χ2n) is 8.34. The zero-order valence-corrected chi connectivity index (χ0v) is 21.1. The Balaban J connectivity index is 1.74. The van der Waals surface area contributed by atoms with E-state index in [9.17, 15) is 23.3 Å². The molecule has 0 bridgehead atoms. The number of nitrogens with zero attached hydrogens (tertiary/aromatic N) is 4. The first-order valence-electron chi connectivity index (χ1n) is 10.9. The fourth-order valence-electron chi connectivity index (χ4n) is 3.41. The van der Waals surface area contributed by atoms with Crippen LogP contribution in [-0.2, 0) is 14.6 Å². The molecule has 0 atom stereocenters. The van der Waals surface area contributed by atoms with Gasteiger partial charge in [-0.15, -0.1) is 0 Å². The van der Waals surface area contributed by atoms with Crippen molar-refractivity contribution in [2.45, 2.75) is 31.1 Å². The standard InChI is InChI=1S/C23H28N4O5S2/c1-17-7-10-19(11-8-17)34(31,32)15-4-6-22(28)26(14-5-13-25(2)3)23-24-20-12-9-18(27(29)30)16-21(20)33-23/h7-12,16H,4-6,13-15H2,1-3H3. The predicted molar refractivity (Wildman–Crippen MR) is 134 cm³/mol. The Bertz CT molecular complexity index is 1270. The van der Waals surface area contributed by atoms with Gasteiger partial charge in [0.2, 0.25) is 5.91 Å². The van der Waals surface area contributed by atoms with Crippen LogP contribution in [0.4, 0.5) is 10.8 Å². The molecule has 3 aromatic rings. The Morgan fingerprint density at radius 1 is 1.09 bits per heavy atom. The smallest absolute Gasteiger partial charge is 0.270 e. The lowest BCUT2D eigenvalue weighted by Gasteiger charge is -2.21. The number of carbonyl (C=O) groups excluding carboxylic acids is 1. The number of nitro groups is 1. The first-order valence-corrected chi connectivity index (χ1v) is 13.3. The number of sulfone groups is 1. The van der Waals surface area contributed by atoms with Crippen molar-refractivity contribution >= 4 is 48.1 Å². The van der Waals surface area contributed by atoms with E-state index in [1.165, 1.54) is 23.5 Å². The lowest BCUT2D eigenvalue weighted by atomic mass is 10.2. The number of nitro benzene ring substituents is 1. The minimum absolute atomic E-state index is 0.0329. The number of hydrogen-bond donors (Lipinski definition) is 0. The lowest BCUT2D eigenvalue weighted by molar-refractivity contribution is -0.384. The zero-order chi connectivity index (χ0) is 24.9. The minimum Gasteiger partial charge on any atom is -0.309 e. The van der Waals surface area contributed by atoms with Crippen molar-refractivity contribution in [1.29, 1.82) is 0 Å². The van der Waals surface area contributed by atoms with Crippen LogP contribution in [0.1, 0.15) is 24.8 Å². The summed E-state index contributed by atoms with van der Waals surface area (Å²) < 4.78 is 25.9. The number of thiazole rings is 1. The van der Waals surface area contributed by atoms with E-state index in [0.717, 1.165) is 12.1 Å². The molecule has 0 spiro atoms. The Morgan fingerprint density at radius 2 is 1.79 bits per heavy atom. The van der Waals surface area contributed by atoms with Gasteiger partial charge < -0.3 is 4.90 Å². The minimum atomic E-state index is -3.48. The number of fused-ring (bicyclic) bond motifs is 1. The number of rotatable bonds is 11. The fourth-order valence-corrected chi connectivity index (χ4v) is 5.77. The predicted octanol–water partition coefficient (Wildman–Crippen LogP) is 4.05. The molecule has 0 aliphatic carbocycles. The van der Waals surface area contributed by atoms with Gasteiger partial charge >= 0.3 is 0 Å². The van der Waals surface area contributed by atoms with E-state index in [-0.39, 0.29) is 35.1 Å². The molecule has 182 valence electrons. The van der Waals surface area contributed by atoms with Gasteiger partial charge in [-0.25, -0.2) is 13.4 Å². The van der Waals surface area contributed by atoms with E-state index in [1.54, 1.807) is 35.2 Å². The van der Waals surface area contributed by atoms with Gasteiger partial charge in [-0.1, -0.05) is 29.0 Å². The molecule has 3 rings (SSSR count). The molecule has 0 fully saturated rings. The molecule has 11 heteroatoms. The third-order valence-corrected chi connectivity index (χ3v) is 8.13. The molecule has 2 aromatic carbocycles. The summed E-state index contributed by atoms with van der Waals surface area (Å²) in [5.41, 5.74) is 1.52. The zero-order valence-electron chi connectivity index (χ0n) is 19.4. The van der Waals surface area contributed by atoms with E-state index in [0.29, 0.717) is 28.3 Å². The number of amides is 1. The Morgan fingerprint density at radius 3 is 2.44 bits per heavy atom. The molecule has 1 heterocycles. The average molecular weight is 505 g/mol. The van der Waals surface area contributed by atoms with Crippen LogP contribution in [0.2, 0.25) is 0 Å². The molecule has 34 heavy (non-hydrogen) atoms. The van der Waals surface area contributed by atoms with E-state index in [2.05, 4.69) is 4.98 Å². The molecule has 1 amide bonds. The second-order valence-corrected chi connectivity index (χ2v) is 11.5. The van der Waals surface area contributed by atoms with Crippen LogP contribution in [0.25, 0.3) is 10.2 Å². The van der Waals surface area contributed by atoms with Crippen molar-refractivity contribution in [1.82, 2.24) is 9.88 Å². The van der Waals surface area contributed by atoms with Gasteiger partial charge in [0.05, 0.1) is 25.8 Å². The molecule has 0 radical (unpaired) electrons. The van der Waals surface area contributed by atoms with Crippen LogP contribution < -0.4 is 4.90 Å². The molecule has 0 N–H and O–H groups in total. The fraction of sp³-hybridized carbons (Fsp3) is 0.391. The van der Waals surface area contributed by atoms with E-state index in [4.69, 9.17) is 0 Å². The molecule has 9 nitrogen and oxygen atoms in total. The second kappa shape index (κ2) is 11.0. The maximum Gasteiger partial charge on any atom is 0.270 e. The maximum atomic E-state index is 13.1. The van der Waals surface area contributed by atoms with Crippen LogP contribution in [0.5, 0.6) is 0 Å². The van der Waals surface area contributed by atoms with Crippen LogP contribution in [0, 0.1) is 17.0 Å². The van der Waals surface area contributed by atoms with Crippen LogP contribution >= 0.6 is 11.3 Å². The van der Waals surface area contributed by atoms with Gasteiger partial charge in [0, 0.05) is 25.1 Å². The SMILES string of the molecule is Cc1ccc(S(=O)(=O)CCCC(=O)N(CCCN(C)C)c2nc3ccc([N+](=O)[O-])cc3s2)cc1. The van der Waals surface area contributed by atoms with Gasteiger partial charge in [-0.2, -0.15) is 0 Å². The summed E-state index contributed by atoms with van der Waals surface area (Å²) in [6, 6.07) is 11.1. The topological polar surface area (TPSA) is 114 Å². The van der Waals surface area contributed by atoms with Gasteiger partial charge in [-0.3, -0.25) is 19.8 Å². The van der Waals surface area contributed by atoms with Gasteiger partial charge in [0.25, 0.3) is 5.69 Å². The number of aryl methyl sites for hydroxylation is 1. The molecule has 0 aliphatic heterocycles. The molecule has 0 saturated heterocycles. The van der Waals surface area contributed by atoms with E-state index < -0.39 is 14.8 Å². The third kappa shape index (κ3) is 6.58. The monoisotopic (exact) mass is 504 g/mol. The highest BCUT2D eigenvalue weighted by atomic mass is 32.2. The number of anilines is 1. The Labute approximate surface area is 203 Å².